The van der Waals surface area contributed by atoms with Gasteiger partial charge in [0.05, 0.1) is 36.4 Å². The molecule has 1 fully saturated rings. The van der Waals surface area contributed by atoms with Gasteiger partial charge in [-0.3, -0.25) is 23.5 Å². The Morgan fingerprint density at radius 2 is 1.85 bits per heavy atom. The highest BCUT2D eigenvalue weighted by molar-refractivity contribution is 5.99. The highest BCUT2D eigenvalue weighted by Gasteiger charge is 2.22. The summed E-state index contributed by atoms with van der Waals surface area (Å²) in [5, 5.41) is 9.07. The number of furan rings is 1. The number of amides is 2. The zero-order valence-corrected chi connectivity index (χ0v) is 22.6. The fraction of sp³-hybridized carbons (Fsp3) is 0.310. The third kappa shape index (κ3) is 5.87. The van der Waals surface area contributed by atoms with E-state index in [4.69, 9.17) is 15.0 Å². The van der Waals surface area contributed by atoms with Gasteiger partial charge >= 0.3 is 5.69 Å². The zero-order valence-electron chi connectivity index (χ0n) is 22.6. The Labute approximate surface area is 234 Å². The standard InChI is InChI=1S/C29H30N6O6/c1-2-40-25-12-6-5-11-23(25)35(30)26(36)18-33-24-16-19(27(37)32-31-20-8-3-4-9-20)13-14-22(24)28(38)34(29(33)39)17-21-10-7-15-41-21/h5-7,10-16,20H,2-4,8-9,17-18,30H2,1H3. The lowest BCUT2D eigenvalue weighted by Gasteiger charge is -2.21. The quantitative estimate of drug-likeness (QED) is 0.142. The number of carbonyl (C=O) groups excluding carboxylic acids is 2. The number of rotatable bonds is 9. The number of aromatic nitrogens is 2. The molecule has 2 aromatic carbocycles. The largest absolute Gasteiger partial charge is 0.492 e. The summed E-state index contributed by atoms with van der Waals surface area (Å²) in [4.78, 5) is 53.4. The summed E-state index contributed by atoms with van der Waals surface area (Å²) in [5.41, 5.74) is -0.825. The zero-order chi connectivity index (χ0) is 28.9. The lowest BCUT2D eigenvalue weighted by atomic mass is 10.1. The van der Waals surface area contributed by atoms with Crippen LogP contribution in [0.2, 0.25) is 0 Å². The highest BCUT2D eigenvalue weighted by Crippen LogP contribution is 2.26. The first-order valence-electron chi connectivity index (χ1n) is 13.4. The van der Waals surface area contributed by atoms with Crippen LogP contribution in [0.1, 0.15) is 48.7 Å². The molecule has 1 aliphatic rings. The van der Waals surface area contributed by atoms with Gasteiger partial charge in [0, 0.05) is 5.56 Å². The van der Waals surface area contributed by atoms with Crippen LogP contribution >= 0.6 is 0 Å². The predicted molar refractivity (Wildman–Crippen MR) is 151 cm³/mol. The number of azo groups is 1. The van der Waals surface area contributed by atoms with Crippen LogP contribution in [0, 0.1) is 0 Å². The van der Waals surface area contributed by atoms with Crippen molar-refractivity contribution in [1.29, 1.82) is 0 Å². The molecule has 2 aromatic heterocycles. The van der Waals surface area contributed by atoms with Crippen LogP contribution in [0.15, 0.2) is 85.1 Å². The van der Waals surface area contributed by atoms with E-state index < -0.39 is 29.6 Å². The number of hydrogen-bond donors (Lipinski definition) is 1. The number of nitrogens with zero attached hydrogens (tertiary/aromatic N) is 5. The topological polar surface area (TPSA) is 154 Å². The fourth-order valence-corrected chi connectivity index (χ4v) is 4.89. The van der Waals surface area contributed by atoms with E-state index >= 15 is 0 Å². The second-order valence-corrected chi connectivity index (χ2v) is 9.69. The average Bonchev–Trinajstić information content (AvgIpc) is 3.71. The molecule has 0 unspecified atom stereocenters. The van der Waals surface area contributed by atoms with Crippen molar-refractivity contribution in [3.63, 3.8) is 0 Å². The van der Waals surface area contributed by atoms with Gasteiger partial charge in [0.1, 0.15) is 23.7 Å². The molecule has 41 heavy (non-hydrogen) atoms. The number of hydrogen-bond acceptors (Lipinski definition) is 8. The summed E-state index contributed by atoms with van der Waals surface area (Å²) in [7, 11) is 0. The summed E-state index contributed by atoms with van der Waals surface area (Å²) in [6.45, 7) is 1.49. The molecule has 0 radical (unpaired) electrons. The van der Waals surface area contributed by atoms with Gasteiger partial charge in [-0.1, -0.05) is 25.0 Å². The van der Waals surface area contributed by atoms with Crippen LogP contribution in [0.5, 0.6) is 5.75 Å². The monoisotopic (exact) mass is 558 g/mol. The second kappa shape index (κ2) is 12.1. The fourth-order valence-electron chi connectivity index (χ4n) is 4.89. The van der Waals surface area contributed by atoms with Crippen molar-refractivity contribution in [2.45, 2.75) is 51.7 Å². The Morgan fingerprint density at radius 1 is 1.07 bits per heavy atom. The molecule has 0 atom stereocenters. The molecule has 12 heteroatoms. The van der Waals surface area contributed by atoms with Gasteiger partial charge < -0.3 is 9.15 Å². The summed E-state index contributed by atoms with van der Waals surface area (Å²) < 4.78 is 13.0. The Hall–Kier alpha value is -4.84. The molecule has 1 aliphatic carbocycles. The van der Waals surface area contributed by atoms with Crippen LogP contribution < -0.4 is 26.8 Å². The van der Waals surface area contributed by atoms with Crippen LogP contribution in [0.25, 0.3) is 10.9 Å². The van der Waals surface area contributed by atoms with Gasteiger partial charge in [-0.25, -0.2) is 15.6 Å². The molecular weight excluding hydrogens is 528 g/mol. The van der Waals surface area contributed by atoms with E-state index in [0.717, 1.165) is 39.8 Å². The molecule has 2 N–H and O–H groups in total. The van der Waals surface area contributed by atoms with Crippen molar-refractivity contribution < 1.29 is 18.7 Å². The third-order valence-electron chi connectivity index (χ3n) is 6.99. The molecule has 0 aliphatic heterocycles. The number of anilines is 1. The molecule has 5 rings (SSSR count). The molecule has 212 valence electrons. The van der Waals surface area contributed by atoms with Crippen molar-refractivity contribution in [2.24, 2.45) is 16.1 Å². The Balaban J connectivity index is 1.57. The number of carbonyl (C=O) groups is 2. The summed E-state index contributed by atoms with van der Waals surface area (Å²) in [6.07, 6.45) is 5.29. The number of hydrazine groups is 1. The van der Waals surface area contributed by atoms with Gasteiger partial charge in [-0.2, -0.15) is 5.11 Å². The van der Waals surface area contributed by atoms with Gasteiger partial charge in [0.15, 0.2) is 0 Å². The van der Waals surface area contributed by atoms with E-state index in [9.17, 15) is 19.2 Å². The molecule has 4 aromatic rings. The maximum absolute atomic E-state index is 13.7. The second-order valence-electron chi connectivity index (χ2n) is 9.69. The van der Waals surface area contributed by atoms with Crippen LogP contribution in [-0.2, 0) is 17.9 Å². The number of para-hydroxylation sites is 2. The highest BCUT2D eigenvalue weighted by atomic mass is 16.5. The molecule has 0 spiro atoms. The van der Waals surface area contributed by atoms with Gasteiger partial charge in [-0.15, -0.1) is 5.11 Å². The van der Waals surface area contributed by atoms with Crippen molar-refractivity contribution >= 4 is 28.4 Å². The molecule has 2 heterocycles. The molecule has 0 saturated heterocycles. The molecule has 12 nitrogen and oxygen atoms in total. The third-order valence-corrected chi connectivity index (χ3v) is 6.99. The number of fused-ring (bicyclic) bond motifs is 1. The van der Waals surface area contributed by atoms with Gasteiger partial charge in [-0.05, 0) is 62.2 Å². The van der Waals surface area contributed by atoms with Gasteiger partial charge in [0.25, 0.3) is 17.4 Å². The normalized spacial score (nSPS) is 13.7. The maximum Gasteiger partial charge on any atom is 0.332 e. The maximum atomic E-state index is 13.7. The van der Waals surface area contributed by atoms with Crippen molar-refractivity contribution in [2.75, 3.05) is 11.6 Å². The SMILES string of the molecule is CCOc1ccccc1N(N)C(=O)Cn1c(=O)n(Cc2ccco2)c(=O)c2ccc(C(=O)N=NC3CCCC3)cc21. The smallest absolute Gasteiger partial charge is 0.332 e. The molecule has 2 amide bonds. The van der Waals surface area contributed by atoms with E-state index in [1.807, 2.05) is 0 Å². The minimum atomic E-state index is -0.768. The lowest BCUT2D eigenvalue weighted by Crippen LogP contribution is -2.45. The summed E-state index contributed by atoms with van der Waals surface area (Å²) >= 11 is 0. The minimum absolute atomic E-state index is 0.0131. The van der Waals surface area contributed by atoms with E-state index in [-0.39, 0.29) is 29.1 Å². The van der Waals surface area contributed by atoms with Crippen LogP contribution in [0.3, 0.4) is 0 Å². The van der Waals surface area contributed by atoms with E-state index in [2.05, 4.69) is 10.2 Å². The molecule has 1 saturated carbocycles. The van der Waals surface area contributed by atoms with E-state index in [0.29, 0.717) is 23.8 Å². The van der Waals surface area contributed by atoms with E-state index in [1.54, 1.807) is 43.3 Å². The first-order valence-corrected chi connectivity index (χ1v) is 13.4. The van der Waals surface area contributed by atoms with Crippen molar-refractivity contribution in [3.8, 4) is 5.75 Å². The van der Waals surface area contributed by atoms with Crippen molar-refractivity contribution in [1.82, 2.24) is 9.13 Å². The first kappa shape index (κ1) is 27.7. The Bertz CT molecular complexity index is 1720. The minimum Gasteiger partial charge on any atom is -0.492 e. The van der Waals surface area contributed by atoms with Crippen molar-refractivity contribution in [3.05, 3.63) is 93.0 Å². The number of ether oxygens (including phenoxy) is 1. The van der Waals surface area contributed by atoms with Crippen LogP contribution in [-0.4, -0.2) is 33.6 Å². The van der Waals surface area contributed by atoms with Gasteiger partial charge in [0.2, 0.25) is 0 Å². The summed E-state index contributed by atoms with van der Waals surface area (Å²) in [5.74, 6) is 5.71. The summed E-state index contributed by atoms with van der Waals surface area (Å²) in [6, 6.07) is 14.3. The average molecular weight is 559 g/mol. The predicted octanol–water partition coefficient (Wildman–Crippen LogP) is 3.65. The lowest BCUT2D eigenvalue weighted by molar-refractivity contribution is -0.119. The number of benzene rings is 2. The first-order chi connectivity index (χ1) is 19.9. The number of nitrogens with two attached hydrogens (primary N) is 1. The Morgan fingerprint density at radius 3 is 2.59 bits per heavy atom. The Kier molecular flexibility index (Phi) is 8.20. The van der Waals surface area contributed by atoms with Crippen LogP contribution in [0.4, 0.5) is 5.69 Å². The van der Waals surface area contributed by atoms with E-state index in [1.165, 1.54) is 24.5 Å². The molecular formula is C29H30N6O6. The molecule has 0 bridgehead atoms.